The van der Waals surface area contributed by atoms with Crippen LogP contribution in [0, 0.1) is 13.8 Å². The van der Waals surface area contributed by atoms with Crippen LogP contribution in [0.15, 0.2) is 29.2 Å². The predicted molar refractivity (Wildman–Crippen MR) is 70.3 cm³/mol. The summed E-state index contributed by atoms with van der Waals surface area (Å²) in [5.74, 6) is 0.256. The van der Waals surface area contributed by atoms with Crippen molar-refractivity contribution >= 4 is 27.4 Å². The molecule has 0 radical (unpaired) electrons. The fourth-order valence-corrected chi connectivity index (χ4v) is 3.03. The lowest BCUT2D eigenvalue weighted by Crippen LogP contribution is -2.14. The number of hydrogen-bond acceptors (Lipinski definition) is 3. The molecule has 0 atom stereocenters. The van der Waals surface area contributed by atoms with Gasteiger partial charge in [-0.25, -0.2) is 8.42 Å². The Morgan fingerprint density at radius 3 is 2.61 bits per heavy atom. The molecular formula is C11H12ClN3O2S. The molecule has 2 rings (SSSR count). The molecule has 1 aromatic carbocycles. The fraction of sp³-hybridized carbons (Fsp3) is 0.182. The van der Waals surface area contributed by atoms with Gasteiger partial charge in [0.15, 0.2) is 5.82 Å². The van der Waals surface area contributed by atoms with Gasteiger partial charge < -0.3 is 0 Å². The lowest BCUT2D eigenvalue weighted by Gasteiger charge is -2.08. The summed E-state index contributed by atoms with van der Waals surface area (Å²) in [6.45, 7) is 3.50. The lowest BCUT2D eigenvalue weighted by molar-refractivity contribution is 0.600. The number of H-pyrrole nitrogens is 1. The second-order valence-corrected chi connectivity index (χ2v) is 6.04. The average Bonchev–Trinajstić information content (AvgIpc) is 2.66. The van der Waals surface area contributed by atoms with E-state index in [4.69, 9.17) is 11.6 Å². The molecule has 0 unspecified atom stereocenters. The van der Waals surface area contributed by atoms with Gasteiger partial charge in [-0.15, -0.1) is 0 Å². The second-order valence-electron chi connectivity index (χ2n) is 3.95. The molecule has 0 aliphatic heterocycles. The van der Waals surface area contributed by atoms with E-state index in [1.165, 1.54) is 6.07 Å². The molecule has 18 heavy (non-hydrogen) atoms. The van der Waals surface area contributed by atoms with E-state index in [2.05, 4.69) is 14.9 Å². The molecular weight excluding hydrogens is 274 g/mol. The highest BCUT2D eigenvalue weighted by molar-refractivity contribution is 7.92. The van der Waals surface area contributed by atoms with Crippen LogP contribution in [0.2, 0.25) is 5.02 Å². The van der Waals surface area contributed by atoms with Crippen molar-refractivity contribution in [2.24, 2.45) is 0 Å². The fourth-order valence-electron chi connectivity index (χ4n) is 1.53. The summed E-state index contributed by atoms with van der Waals surface area (Å²) in [5.41, 5.74) is 1.40. The molecule has 1 heterocycles. The third kappa shape index (κ3) is 2.65. The van der Waals surface area contributed by atoms with Gasteiger partial charge in [-0.05, 0) is 31.5 Å². The Labute approximate surface area is 110 Å². The second kappa shape index (κ2) is 4.62. The summed E-state index contributed by atoms with van der Waals surface area (Å²) >= 11 is 5.82. The van der Waals surface area contributed by atoms with Crippen LogP contribution < -0.4 is 4.72 Å². The summed E-state index contributed by atoms with van der Waals surface area (Å²) in [6, 6.07) is 6.33. The number of aryl methyl sites for hydroxylation is 2. The van der Waals surface area contributed by atoms with Gasteiger partial charge in [-0.3, -0.25) is 9.82 Å². The molecule has 2 N–H and O–H groups in total. The van der Waals surface area contributed by atoms with E-state index in [9.17, 15) is 8.42 Å². The number of sulfonamides is 1. The molecule has 5 nitrogen and oxygen atoms in total. The number of rotatable bonds is 3. The molecule has 2 aromatic rings. The molecule has 0 amide bonds. The molecule has 0 bridgehead atoms. The number of nitrogens with one attached hydrogen (secondary N) is 2. The number of nitrogens with zero attached hydrogens (tertiary/aromatic N) is 1. The van der Waals surface area contributed by atoms with E-state index in [-0.39, 0.29) is 10.7 Å². The van der Waals surface area contributed by atoms with Gasteiger partial charge in [-0.2, -0.15) is 5.10 Å². The maximum atomic E-state index is 12.2. The Morgan fingerprint density at radius 2 is 2.00 bits per heavy atom. The number of halogens is 1. The highest BCUT2D eigenvalue weighted by Crippen LogP contribution is 2.22. The van der Waals surface area contributed by atoms with Crippen molar-refractivity contribution in [2.75, 3.05) is 4.72 Å². The molecule has 0 fully saturated rings. The van der Waals surface area contributed by atoms with Crippen molar-refractivity contribution in [2.45, 2.75) is 18.7 Å². The Bertz CT molecular complexity index is 679. The van der Waals surface area contributed by atoms with Crippen LogP contribution in [0.1, 0.15) is 11.3 Å². The minimum absolute atomic E-state index is 0.149. The van der Waals surface area contributed by atoms with Crippen LogP contribution in [-0.2, 0) is 10.0 Å². The quantitative estimate of drug-likeness (QED) is 0.910. The first-order valence-corrected chi connectivity index (χ1v) is 7.05. The van der Waals surface area contributed by atoms with Crippen molar-refractivity contribution in [3.63, 3.8) is 0 Å². The van der Waals surface area contributed by atoms with Crippen LogP contribution in [0.5, 0.6) is 0 Å². The van der Waals surface area contributed by atoms with Crippen molar-refractivity contribution < 1.29 is 8.42 Å². The topological polar surface area (TPSA) is 74.8 Å². The Kier molecular flexibility index (Phi) is 3.32. The van der Waals surface area contributed by atoms with Crippen LogP contribution in [0.4, 0.5) is 5.82 Å². The van der Waals surface area contributed by atoms with Crippen molar-refractivity contribution in [1.82, 2.24) is 10.2 Å². The molecule has 7 heteroatoms. The van der Waals surface area contributed by atoms with Crippen LogP contribution in [-0.4, -0.2) is 18.6 Å². The molecule has 0 aliphatic rings. The van der Waals surface area contributed by atoms with Gasteiger partial charge in [0.1, 0.15) is 0 Å². The standard InChI is InChI=1S/C11H12ClN3O2S/c1-7-3-4-9(12)6-10(7)18(16,17)15-11-5-8(2)13-14-11/h3-6H,1-2H3,(H2,13,14,15). The molecule has 96 valence electrons. The summed E-state index contributed by atoms with van der Waals surface area (Å²) in [5, 5.41) is 6.87. The highest BCUT2D eigenvalue weighted by Gasteiger charge is 2.18. The predicted octanol–water partition coefficient (Wildman–Crippen LogP) is 2.48. The molecule has 1 aromatic heterocycles. The lowest BCUT2D eigenvalue weighted by atomic mass is 10.2. The van der Waals surface area contributed by atoms with Crippen molar-refractivity contribution in [1.29, 1.82) is 0 Å². The van der Waals surface area contributed by atoms with Crippen molar-refractivity contribution in [3.05, 3.63) is 40.5 Å². The van der Waals surface area contributed by atoms with Crippen LogP contribution in [0.25, 0.3) is 0 Å². The van der Waals surface area contributed by atoms with E-state index in [1.54, 1.807) is 32.0 Å². The van der Waals surface area contributed by atoms with E-state index in [1.807, 2.05) is 0 Å². The Balaban J connectivity index is 2.39. The third-order valence-corrected chi connectivity index (χ3v) is 4.12. The van der Waals surface area contributed by atoms with Crippen LogP contribution >= 0.6 is 11.6 Å². The van der Waals surface area contributed by atoms with Gasteiger partial charge in [0, 0.05) is 16.8 Å². The first kappa shape index (κ1) is 12.9. The summed E-state index contributed by atoms with van der Waals surface area (Å²) in [6.07, 6.45) is 0. The van der Waals surface area contributed by atoms with Gasteiger partial charge in [-0.1, -0.05) is 17.7 Å². The molecule has 0 saturated carbocycles. The number of anilines is 1. The van der Waals surface area contributed by atoms with Gasteiger partial charge in [0.25, 0.3) is 10.0 Å². The van der Waals surface area contributed by atoms with Gasteiger partial charge in [0.2, 0.25) is 0 Å². The number of benzene rings is 1. The van der Waals surface area contributed by atoms with E-state index in [0.717, 1.165) is 5.69 Å². The molecule has 0 saturated heterocycles. The first-order valence-electron chi connectivity index (χ1n) is 5.19. The van der Waals surface area contributed by atoms with Crippen LogP contribution in [0.3, 0.4) is 0 Å². The van der Waals surface area contributed by atoms with E-state index >= 15 is 0 Å². The first-order chi connectivity index (χ1) is 8.38. The van der Waals surface area contributed by atoms with Gasteiger partial charge in [0.05, 0.1) is 4.90 Å². The molecule has 0 aliphatic carbocycles. The SMILES string of the molecule is Cc1cc(NS(=O)(=O)c2cc(Cl)ccc2C)n[nH]1. The Morgan fingerprint density at radius 1 is 1.28 bits per heavy atom. The minimum Gasteiger partial charge on any atom is -0.281 e. The van der Waals surface area contributed by atoms with E-state index < -0.39 is 10.0 Å². The third-order valence-electron chi connectivity index (χ3n) is 2.38. The zero-order chi connectivity index (χ0) is 13.3. The summed E-state index contributed by atoms with van der Waals surface area (Å²) < 4.78 is 26.7. The van der Waals surface area contributed by atoms with Crippen molar-refractivity contribution in [3.8, 4) is 0 Å². The normalized spacial score (nSPS) is 11.5. The average molecular weight is 286 g/mol. The summed E-state index contributed by atoms with van der Waals surface area (Å²) in [7, 11) is -3.67. The zero-order valence-corrected chi connectivity index (χ0v) is 11.4. The minimum atomic E-state index is -3.67. The smallest absolute Gasteiger partial charge is 0.263 e. The van der Waals surface area contributed by atoms with Gasteiger partial charge >= 0.3 is 0 Å². The number of hydrogen-bond donors (Lipinski definition) is 2. The highest BCUT2D eigenvalue weighted by atomic mass is 35.5. The zero-order valence-electron chi connectivity index (χ0n) is 9.86. The maximum absolute atomic E-state index is 12.2. The summed E-state index contributed by atoms with van der Waals surface area (Å²) in [4.78, 5) is 0.149. The largest absolute Gasteiger partial charge is 0.281 e. The Hall–Kier alpha value is -1.53. The molecule has 0 spiro atoms. The van der Waals surface area contributed by atoms with E-state index in [0.29, 0.717) is 10.6 Å². The number of aromatic amines is 1. The number of aromatic nitrogens is 2. The monoisotopic (exact) mass is 285 g/mol. The maximum Gasteiger partial charge on any atom is 0.263 e.